The number of aromatic nitrogens is 3. The molecular formula is C30H29N5O4. The summed E-state index contributed by atoms with van der Waals surface area (Å²) in [5.74, 6) is 2.65. The smallest absolute Gasteiger partial charge is 0.238 e. The van der Waals surface area contributed by atoms with Crippen molar-refractivity contribution in [3.63, 3.8) is 0 Å². The molecule has 3 aromatic heterocycles. The first-order valence-corrected chi connectivity index (χ1v) is 12.7. The maximum Gasteiger partial charge on any atom is 0.238 e. The van der Waals surface area contributed by atoms with Crippen LogP contribution in [0, 0.1) is 13.8 Å². The Morgan fingerprint density at radius 2 is 1.82 bits per heavy atom. The molecule has 0 amide bonds. The zero-order valence-electron chi connectivity index (χ0n) is 22.3. The molecule has 0 aliphatic carbocycles. The number of nitrogens with zero attached hydrogens (tertiary/aromatic N) is 5. The number of fused-ring (bicyclic) bond motifs is 1. The topological polar surface area (TPSA) is 87.1 Å². The van der Waals surface area contributed by atoms with Crippen molar-refractivity contribution in [2.24, 2.45) is 5.16 Å². The van der Waals surface area contributed by atoms with Crippen LogP contribution in [0.5, 0.6) is 11.6 Å². The molecule has 1 aliphatic heterocycles. The summed E-state index contributed by atoms with van der Waals surface area (Å²) in [6.45, 7) is 4.90. The number of amidine groups is 1. The number of rotatable bonds is 7. The van der Waals surface area contributed by atoms with Crippen molar-refractivity contribution in [3.05, 3.63) is 101 Å². The number of pyridine rings is 1. The van der Waals surface area contributed by atoms with Gasteiger partial charge in [0.25, 0.3) is 0 Å². The number of imidazole rings is 1. The highest BCUT2D eigenvalue weighted by Gasteiger charge is 2.33. The van der Waals surface area contributed by atoms with E-state index < -0.39 is 0 Å². The number of hydrogen-bond donors (Lipinski definition) is 0. The molecule has 5 aromatic rings. The van der Waals surface area contributed by atoms with E-state index in [1.54, 1.807) is 20.5 Å². The maximum atomic E-state index is 6.32. The van der Waals surface area contributed by atoms with Gasteiger partial charge in [-0.05, 0) is 61.9 Å². The molecule has 9 heteroatoms. The van der Waals surface area contributed by atoms with E-state index in [0.29, 0.717) is 30.6 Å². The molecule has 0 saturated carbocycles. The van der Waals surface area contributed by atoms with Gasteiger partial charge in [0.15, 0.2) is 5.84 Å². The molecule has 0 fully saturated rings. The fourth-order valence-electron chi connectivity index (χ4n) is 4.81. The molecule has 198 valence electrons. The van der Waals surface area contributed by atoms with Gasteiger partial charge in [-0.3, -0.25) is 0 Å². The number of ether oxygens (including phenoxy) is 2. The molecule has 1 unspecified atom stereocenters. The first kappa shape index (κ1) is 24.5. The number of aryl methyl sites for hydroxylation is 2. The molecule has 1 atom stereocenters. The molecule has 39 heavy (non-hydrogen) atoms. The van der Waals surface area contributed by atoms with E-state index in [0.717, 1.165) is 39.4 Å². The summed E-state index contributed by atoms with van der Waals surface area (Å²) in [5, 5.41) is 5.53. The second kappa shape index (κ2) is 10.2. The quantitative estimate of drug-likeness (QED) is 0.275. The second-order valence-electron chi connectivity index (χ2n) is 9.54. The van der Waals surface area contributed by atoms with Gasteiger partial charge in [-0.1, -0.05) is 28.9 Å². The average molecular weight is 524 g/mol. The van der Waals surface area contributed by atoms with E-state index in [2.05, 4.69) is 40.2 Å². The van der Waals surface area contributed by atoms with Gasteiger partial charge in [0.05, 0.1) is 26.2 Å². The lowest BCUT2D eigenvalue weighted by molar-refractivity contribution is 0.0500. The van der Waals surface area contributed by atoms with Crippen molar-refractivity contribution in [2.75, 3.05) is 20.8 Å². The number of benzene rings is 2. The van der Waals surface area contributed by atoms with Gasteiger partial charge in [0.1, 0.15) is 41.1 Å². The lowest BCUT2D eigenvalue weighted by Crippen LogP contribution is -2.40. The SMILES string of the molecule is COc1ccc(CN2C(c3ccc(-n4cnc(C)c4)c(OC)n3)=NOCC2c2cc3cc(C)ccc3o2)cc1. The standard InChI is InChI=1S/C30H29N5O4/c1-19-5-12-27-22(13-19)14-28(39-27)26-17-38-33-29(35(26)16-21-6-8-23(36-3)9-7-21)24-10-11-25(30(32-24)37-4)34-15-20(2)31-18-34/h5-15,18,26H,16-17H2,1-4H3. The summed E-state index contributed by atoms with van der Waals surface area (Å²) in [7, 11) is 3.27. The summed E-state index contributed by atoms with van der Waals surface area (Å²) in [6, 6.07) is 19.9. The van der Waals surface area contributed by atoms with Crippen molar-refractivity contribution < 1.29 is 18.7 Å². The van der Waals surface area contributed by atoms with Crippen LogP contribution in [-0.2, 0) is 11.4 Å². The molecule has 1 aliphatic rings. The predicted octanol–water partition coefficient (Wildman–Crippen LogP) is 5.58. The van der Waals surface area contributed by atoms with E-state index in [1.807, 2.05) is 60.2 Å². The molecule has 2 aromatic carbocycles. The summed E-state index contributed by atoms with van der Waals surface area (Å²) < 4.78 is 19.2. The van der Waals surface area contributed by atoms with E-state index in [1.165, 1.54) is 5.56 Å². The minimum absolute atomic E-state index is 0.226. The van der Waals surface area contributed by atoms with Crippen LogP contribution in [0.25, 0.3) is 16.7 Å². The van der Waals surface area contributed by atoms with E-state index in [4.69, 9.17) is 23.7 Å². The highest BCUT2D eigenvalue weighted by atomic mass is 16.6. The molecule has 9 nitrogen and oxygen atoms in total. The van der Waals surface area contributed by atoms with Crippen LogP contribution in [0.4, 0.5) is 0 Å². The third kappa shape index (κ3) is 4.79. The zero-order chi connectivity index (χ0) is 26.9. The van der Waals surface area contributed by atoms with E-state index in [-0.39, 0.29) is 6.04 Å². The Kier molecular flexibility index (Phi) is 6.40. The van der Waals surface area contributed by atoms with Gasteiger partial charge >= 0.3 is 0 Å². The second-order valence-corrected chi connectivity index (χ2v) is 9.54. The van der Waals surface area contributed by atoms with Crippen molar-refractivity contribution in [1.29, 1.82) is 0 Å². The fourth-order valence-corrected chi connectivity index (χ4v) is 4.81. The minimum atomic E-state index is -0.226. The van der Waals surface area contributed by atoms with Crippen molar-refractivity contribution >= 4 is 16.8 Å². The van der Waals surface area contributed by atoms with Crippen molar-refractivity contribution in [3.8, 4) is 17.3 Å². The maximum absolute atomic E-state index is 6.32. The predicted molar refractivity (Wildman–Crippen MR) is 147 cm³/mol. The monoisotopic (exact) mass is 523 g/mol. The van der Waals surface area contributed by atoms with E-state index >= 15 is 0 Å². The zero-order valence-corrected chi connectivity index (χ0v) is 22.3. The molecule has 6 rings (SSSR count). The number of furan rings is 1. The number of hydrogen-bond acceptors (Lipinski definition) is 8. The third-order valence-electron chi connectivity index (χ3n) is 6.82. The third-order valence-corrected chi connectivity index (χ3v) is 6.82. The Morgan fingerprint density at radius 1 is 0.974 bits per heavy atom. The summed E-state index contributed by atoms with van der Waals surface area (Å²) >= 11 is 0. The largest absolute Gasteiger partial charge is 0.497 e. The highest BCUT2D eigenvalue weighted by molar-refractivity contribution is 5.97. The van der Waals surface area contributed by atoms with Crippen LogP contribution in [0.2, 0.25) is 0 Å². The van der Waals surface area contributed by atoms with E-state index in [9.17, 15) is 0 Å². The van der Waals surface area contributed by atoms with Crippen LogP contribution >= 0.6 is 0 Å². The molecule has 0 saturated heterocycles. The van der Waals surface area contributed by atoms with Crippen LogP contribution in [0.1, 0.15) is 34.3 Å². The van der Waals surface area contributed by atoms with Gasteiger partial charge in [-0.15, -0.1) is 0 Å². The highest BCUT2D eigenvalue weighted by Crippen LogP contribution is 2.34. The summed E-state index contributed by atoms with van der Waals surface area (Å²) in [4.78, 5) is 17.1. The molecule has 0 spiro atoms. The average Bonchev–Trinajstić information content (AvgIpc) is 3.59. The Bertz CT molecular complexity index is 1650. The fraction of sp³-hybridized carbons (Fsp3) is 0.233. The Hall–Kier alpha value is -4.79. The lowest BCUT2D eigenvalue weighted by Gasteiger charge is -2.35. The molecule has 0 bridgehead atoms. The van der Waals surface area contributed by atoms with Gasteiger partial charge in [-0.25, -0.2) is 9.97 Å². The Labute approximate surface area is 226 Å². The number of oxime groups is 1. The molecule has 4 heterocycles. The first-order valence-electron chi connectivity index (χ1n) is 12.7. The van der Waals surface area contributed by atoms with Crippen LogP contribution in [-0.4, -0.2) is 46.1 Å². The normalized spacial score (nSPS) is 15.2. The summed E-state index contributed by atoms with van der Waals surface area (Å²) in [5.41, 5.74) is 5.41. The van der Waals surface area contributed by atoms with Gasteiger partial charge < -0.3 is 28.2 Å². The lowest BCUT2D eigenvalue weighted by atomic mass is 10.1. The van der Waals surface area contributed by atoms with Crippen LogP contribution < -0.4 is 9.47 Å². The Morgan fingerprint density at radius 3 is 2.56 bits per heavy atom. The minimum Gasteiger partial charge on any atom is -0.497 e. The first-order chi connectivity index (χ1) is 19.0. The number of methoxy groups -OCH3 is 2. The molecule has 0 N–H and O–H groups in total. The van der Waals surface area contributed by atoms with Crippen LogP contribution in [0.3, 0.4) is 0 Å². The molecular weight excluding hydrogens is 494 g/mol. The Balaban J connectivity index is 1.41. The molecule has 0 radical (unpaired) electrons. The van der Waals surface area contributed by atoms with Gasteiger partial charge in [0.2, 0.25) is 5.88 Å². The van der Waals surface area contributed by atoms with Crippen LogP contribution in [0.15, 0.2) is 82.8 Å². The van der Waals surface area contributed by atoms with Gasteiger partial charge in [-0.2, -0.15) is 0 Å². The van der Waals surface area contributed by atoms with Crippen molar-refractivity contribution in [2.45, 2.75) is 26.4 Å². The van der Waals surface area contributed by atoms with Gasteiger partial charge in [0, 0.05) is 18.1 Å². The van der Waals surface area contributed by atoms with Crippen molar-refractivity contribution in [1.82, 2.24) is 19.4 Å². The summed E-state index contributed by atoms with van der Waals surface area (Å²) in [6.07, 6.45) is 3.67.